The molecule has 0 atom stereocenters. The van der Waals surface area contributed by atoms with E-state index in [1.165, 1.54) is 24.0 Å². The van der Waals surface area contributed by atoms with Crippen LogP contribution in [0, 0.1) is 0 Å². The third kappa shape index (κ3) is 4.79. The first-order valence-corrected chi connectivity index (χ1v) is 11.0. The van der Waals surface area contributed by atoms with Crippen LogP contribution in [-0.4, -0.2) is 36.3 Å². The fourth-order valence-electron chi connectivity index (χ4n) is 3.42. The quantitative estimate of drug-likeness (QED) is 0.473. The van der Waals surface area contributed by atoms with Crippen molar-refractivity contribution < 1.29 is 14.3 Å². The normalized spacial score (nSPS) is 11.4. The molecule has 0 saturated heterocycles. The minimum atomic E-state index is -0.281. The zero-order chi connectivity index (χ0) is 21.7. The summed E-state index contributed by atoms with van der Waals surface area (Å²) in [6, 6.07) is 8.35. The summed E-state index contributed by atoms with van der Waals surface area (Å²) in [5.41, 5.74) is 3.11. The van der Waals surface area contributed by atoms with E-state index < -0.39 is 0 Å². The molecule has 3 rings (SSSR count). The van der Waals surface area contributed by atoms with Crippen LogP contribution in [0.25, 0.3) is 21.3 Å². The van der Waals surface area contributed by atoms with Crippen LogP contribution in [0.2, 0.25) is 0 Å². The lowest BCUT2D eigenvalue weighted by Gasteiger charge is -2.13. The molecular formula is C23H28N2O4S. The molecule has 0 N–H and O–H groups in total. The van der Waals surface area contributed by atoms with Gasteiger partial charge in [0.05, 0.1) is 19.1 Å². The van der Waals surface area contributed by atoms with Gasteiger partial charge in [0.1, 0.15) is 10.7 Å². The number of benzene rings is 1. The van der Waals surface area contributed by atoms with Crippen molar-refractivity contribution in [3.63, 3.8) is 0 Å². The molecule has 0 aliphatic rings. The first-order valence-electron chi connectivity index (χ1n) is 10.1. The number of esters is 1. The van der Waals surface area contributed by atoms with Crippen LogP contribution in [0.5, 0.6) is 0 Å². The fraction of sp³-hybridized carbons (Fsp3) is 0.435. The number of fused-ring (bicyclic) bond motifs is 1. The SMILES string of the molecule is COCCc1nc2scc(-c3ccc(C(C)C)cc3)c2c(=O)n1CCCC(=O)OC. The fourth-order valence-corrected chi connectivity index (χ4v) is 4.38. The van der Waals surface area contributed by atoms with Crippen LogP contribution >= 0.6 is 11.3 Å². The third-order valence-electron chi connectivity index (χ3n) is 5.18. The van der Waals surface area contributed by atoms with Crippen molar-refractivity contribution in [2.24, 2.45) is 0 Å². The predicted molar refractivity (Wildman–Crippen MR) is 120 cm³/mol. The van der Waals surface area contributed by atoms with Gasteiger partial charge in [-0.3, -0.25) is 14.2 Å². The number of methoxy groups -OCH3 is 2. The Kier molecular flexibility index (Phi) is 7.39. The van der Waals surface area contributed by atoms with E-state index >= 15 is 0 Å². The highest BCUT2D eigenvalue weighted by Crippen LogP contribution is 2.32. The van der Waals surface area contributed by atoms with E-state index in [0.29, 0.717) is 43.1 Å². The van der Waals surface area contributed by atoms with Gasteiger partial charge in [-0.1, -0.05) is 38.1 Å². The number of ether oxygens (including phenoxy) is 2. The van der Waals surface area contributed by atoms with Gasteiger partial charge in [0.2, 0.25) is 0 Å². The Morgan fingerprint density at radius 1 is 1.20 bits per heavy atom. The van der Waals surface area contributed by atoms with Crippen molar-refractivity contribution in [2.75, 3.05) is 20.8 Å². The summed E-state index contributed by atoms with van der Waals surface area (Å²) in [6.07, 6.45) is 1.32. The number of hydrogen-bond acceptors (Lipinski definition) is 6. The molecule has 3 aromatic rings. The summed E-state index contributed by atoms with van der Waals surface area (Å²) >= 11 is 1.48. The second-order valence-electron chi connectivity index (χ2n) is 7.51. The highest BCUT2D eigenvalue weighted by atomic mass is 32.1. The summed E-state index contributed by atoms with van der Waals surface area (Å²) in [5.74, 6) is 0.857. The lowest BCUT2D eigenvalue weighted by molar-refractivity contribution is -0.140. The summed E-state index contributed by atoms with van der Waals surface area (Å²) in [4.78, 5) is 30.4. The number of thiophene rings is 1. The maximum Gasteiger partial charge on any atom is 0.305 e. The Morgan fingerprint density at radius 3 is 2.57 bits per heavy atom. The van der Waals surface area contributed by atoms with Crippen LogP contribution in [0.3, 0.4) is 0 Å². The molecule has 0 radical (unpaired) electrons. The van der Waals surface area contributed by atoms with Gasteiger partial charge < -0.3 is 9.47 Å². The Hall–Kier alpha value is -2.51. The van der Waals surface area contributed by atoms with Gasteiger partial charge in [0.25, 0.3) is 5.56 Å². The number of aromatic nitrogens is 2. The summed E-state index contributed by atoms with van der Waals surface area (Å²) in [6.45, 7) is 5.21. The van der Waals surface area contributed by atoms with Gasteiger partial charge in [-0.05, 0) is 23.5 Å². The van der Waals surface area contributed by atoms with Crippen LogP contribution in [-0.2, 0) is 27.2 Å². The second-order valence-corrected chi connectivity index (χ2v) is 8.37. The standard InChI is InChI=1S/C23H28N2O4S/c1-15(2)16-7-9-17(10-8-16)18-14-30-22-21(18)23(27)25(12-5-6-20(26)29-4)19(24-22)11-13-28-3/h7-10,14-15H,5-6,11-13H2,1-4H3. The van der Waals surface area contributed by atoms with E-state index in [4.69, 9.17) is 14.5 Å². The van der Waals surface area contributed by atoms with Crippen molar-refractivity contribution in [1.29, 1.82) is 0 Å². The average molecular weight is 429 g/mol. The van der Waals surface area contributed by atoms with E-state index in [1.807, 2.05) is 5.38 Å². The number of carbonyl (C=O) groups excluding carboxylic acids is 1. The monoisotopic (exact) mass is 428 g/mol. The molecule has 1 aromatic carbocycles. The third-order valence-corrected chi connectivity index (χ3v) is 6.05. The predicted octanol–water partition coefficient (Wildman–Crippen LogP) is 4.39. The van der Waals surface area contributed by atoms with Crippen LogP contribution in [0.1, 0.15) is 44.0 Å². The van der Waals surface area contributed by atoms with Crippen molar-refractivity contribution in [2.45, 2.75) is 45.6 Å². The maximum absolute atomic E-state index is 13.5. The zero-order valence-electron chi connectivity index (χ0n) is 17.9. The Bertz CT molecular complexity index is 1070. The summed E-state index contributed by atoms with van der Waals surface area (Å²) in [7, 11) is 3.00. The van der Waals surface area contributed by atoms with Crippen molar-refractivity contribution in [3.8, 4) is 11.1 Å². The van der Waals surface area contributed by atoms with Crippen LogP contribution in [0.4, 0.5) is 0 Å². The minimum Gasteiger partial charge on any atom is -0.469 e. The Morgan fingerprint density at radius 2 is 1.93 bits per heavy atom. The molecule has 2 aromatic heterocycles. The van der Waals surface area contributed by atoms with Gasteiger partial charge in [-0.2, -0.15) is 0 Å². The molecule has 7 heteroatoms. The lowest BCUT2D eigenvalue weighted by Crippen LogP contribution is -2.26. The molecule has 0 saturated carbocycles. The summed E-state index contributed by atoms with van der Waals surface area (Å²) < 4.78 is 11.6. The average Bonchev–Trinajstić information content (AvgIpc) is 3.18. The molecule has 30 heavy (non-hydrogen) atoms. The molecule has 0 aliphatic carbocycles. The topological polar surface area (TPSA) is 70.4 Å². The van der Waals surface area contributed by atoms with Crippen molar-refractivity contribution in [1.82, 2.24) is 9.55 Å². The maximum atomic E-state index is 13.5. The van der Waals surface area contributed by atoms with Crippen LogP contribution < -0.4 is 5.56 Å². The number of carbonyl (C=O) groups is 1. The number of rotatable bonds is 9. The Balaban J connectivity index is 2.03. The van der Waals surface area contributed by atoms with Crippen molar-refractivity contribution in [3.05, 3.63) is 51.4 Å². The number of hydrogen-bond donors (Lipinski definition) is 0. The molecule has 0 unspecified atom stereocenters. The molecule has 0 fully saturated rings. The zero-order valence-corrected chi connectivity index (χ0v) is 18.8. The first kappa shape index (κ1) is 22.2. The molecule has 0 bridgehead atoms. The van der Waals surface area contributed by atoms with Gasteiger partial charge >= 0.3 is 5.97 Å². The van der Waals surface area contributed by atoms with E-state index in [9.17, 15) is 9.59 Å². The molecule has 160 valence electrons. The highest BCUT2D eigenvalue weighted by molar-refractivity contribution is 7.17. The second kappa shape index (κ2) is 10.00. The lowest BCUT2D eigenvalue weighted by atomic mass is 9.99. The molecule has 0 amide bonds. The smallest absolute Gasteiger partial charge is 0.305 e. The van der Waals surface area contributed by atoms with Gasteiger partial charge in [-0.15, -0.1) is 11.3 Å². The Labute approximate surface area is 180 Å². The van der Waals surface area contributed by atoms with E-state index in [0.717, 1.165) is 16.0 Å². The molecule has 6 nitrogen and oxygen atoms in total. The van der Waals surface area contributed by atoms with E-state index in [1.54, 1.807) is 11.7 Å². The van der Waals surface area contributed by atoms with E-state index in [-0.39, 0.29) is 17.9 Å². The van der Waals surface area contributed by atoms with E-state index in [2.05, 4.69) is 38.1 Å². The van der Waals surface area contributed by atoms with Crippen LogP contribution in [0.15, 0.2) is 34.4 Å². The van der Waals surface area contributed by atoms with Gasteiger partial charge in [0, 0.05) is 37.4 Å². The molecule has 2 heterocycles. The molecule has 0 spiro atoms. The molecule has 0 aliphatic heterocycles. The van der Waals surface area contributed by atoms with Gasteiger partial charge in [0.15, 0.2) is 0 Å². The van der Waals surface area contributed by atoms with Crippen molar-refractivity contribution >= 4 is 27.5 Å². The molecular weight excluding hydrogens is 400 g/mol. The summed E-state index contributed by atoms with van der Waals surface area (Å²) in [5, 5.41) is 2.64. The first-order chi connectivity index (χ1) is 14.5. The largest absolute Gasteiger partial charge is 0.469 e. The minimum absolute atomic E-state index is 0.0693. The number of nitrogens with zero attached hydrogens (tertiary/aromatic N) is 2. The van der Waals surface area contributed by atoms with Gasteiger partial charge in [-0.25, -0.2) is 4.98 Å². The highest BCUT2D eigenvalue weighted by Gasteiger charge is 2.17.